The Labute approximate surface area is 115 Å². The van der Waals surface area contributed by atoms with Crippen molar-refractivity contribution in [1.82, 2.24) is 0 Å². The highest BCUT2D eigenvalue weighted by Gasteiger charge is 2.40. The molecule has 19 heavy (non-hydrogen) atoms. The molecule has 0 heterocycles. The van der Waals surface area contributed by atoms with Crippen LogP contribution in [0.5, 0.6) is 0 Å². The Hall–Kier alpha value is -0.920. The van der Waals surface area contributed by atoms with Crippen molar-refractivity contribution in [3.63, 3.8) is 0 Å². The fourth-order valence-electron chi connectivity index (χ4n) is 3.26. The van der Waals surface area contributed by atoms with E-state index in [4.69, 9.17) is 0 Å². The lowest BCUT2D eigenvalue weighted by atomic mass is 9.80. The first-order chi connectivity index (χ1) is 9.14. The molecule has 1 aromatic carbocycles. The van der Waals surface area contributed by atoms with Gasteiger partial charge in [0.15, 0.2) is 0 Å². The number of hydrogen-bond acceptors (Lipinski definition) is 0. The minimum absolute atomic E-state index is 0.188. The van der Waals surface area contributed by atoms with Crippen molar-refractivity contribution in [2.75, 3.05) is 0 Å². The Balaban J connectivity index is 2.04. The maximum absolute atomic E-state index is 14.5. The quantitative estimate of drug-likeness (QED) is 0.651. The summed E-state index contributed by atoms with van der Waals surface area (Å²) in [5.74, 6) is -2.39. The molecular weight excluding hydrogens is 242 g/mol. The van der Waals surface area contributed by atoms with Gasteiger partial charge in [0.25, 0.3) is 5.92 Å². The molecule has 0 aromatic heterocycles. The van der Waals surface area contributed by atoms with Gasteiger partial charge in [-0.05, 0) is 18.8 Å². The van der Waals surface area contributed by atoms with Crippen molar-refractivity contribution < 1.29 is 8.78 Å². The van der Waals surface area contributed by atoms with Crippen LogP contribution >= 0.6 is 0 Å². The van der Waals surface area contributed by atoms with Crippen LogP contribution in [-0.2, 0) is 5.92 Å². The van der Waals surface area contributed by atoms with Crippen LogP contribution in [0.3, 0.4) is 0 Å². The van der Waals surface area contributed by atoms with Crippen molar-refractivity contribution in [2.24, 2.45) is 11.8 Å². The topological polar surface area (TPSA) is 0 Å². The van der Waals surface area contributed by atoms with Crippen LogP contribution in [0.15, 0.2) is 30.3 Å². The lowest BCUT2D eigenvalue weighted by Gasteiger charge is -2.30. The highest BCUT2D eigenvalue weighted by Crippen LogP contribution is 2.43. The summed E-state index contributed by atoms with van der Waals surface area (Å²) in [7, 11) is 0. The van der Waals surface area contributed by atoms with E-state index in [-0.39, 0.29) is 5.56 Å². The van der Waals surface area contributed by atoms with Crippen molar-refractivity contribution >= 4 is 0 Å². The molecule has 0 spiro atoms. The van der Waals surface area contributed by atoms with Gasteiger partial charge in [-0.15, -0.1) is 0 Å². The third-order valence-electron chi connectivity index (χ3n) is 4.58. The van der Waals surface area contributed by atoms with Crippen LogP contribution in [0, 0.1) is 11.8 Å². The molecule has 0 bridgehead atoms. The summed E-state index contributed by atoms with van der Waals surface area (Å²) < 4.78 is 29.1. The van der Waals surface area contributed by atoms with Gasteiger partial charge in [0.1, 0.15) is 0 Å². The lowest BCUT2D eigenvalue weighted by molar-refractivity contribution is -0.0750. The molecule has 0 unspecified atom stereocenters. The first-order valence-corrected chi connectivity index (χ1v) is 7.58. The number of benzene rings is 1. The van der Waals surface area contributed by atoms with Gasteiger partial charge < -0.3 is 0 Å². The number of alkyl halides is 2. The molecule has 1 aromatic rings. The van der Waals surface area contributed by atoms with Crippen molar-refractivity contribution in [1.29, 1.82) is 0 Å². The number of hydrogen-bond donors (Lipinski definition) is 0. The first kappa shape index (κ1) is 14.5. The number of halogens is 2. The van der Waals surface area contributed by atoms with Gasteiger partial charge in [-0.2, -0.15) is 0 Å². The average molecular weight is 266 g/mol. The second kappa shape index (κ2) is 6.49. The minimum atomic E-state index is -2.67. The first-order valence-electron chi connectivity index (χ1n) is 7.58. The van der Waals surface area contributed by atoms with Gasteiger partial charge >= 0.3 is 0 Å². The van der Waals surface area contributed by atoms with Gasteiger partial charge in [0.2, 0.25) is 0 Å². The van der Waals surface area contributed by atoms with E-state index in [0.717, 1.165) is 31.6 Å². The summed E-state index contributed by atoms with van der Waals surface area (Å²) in [6.07, 6.45) is 6.67. The molecule has 0 N–H and O–H groups in total. The standard InChI is InChI=1S/C17H24F2/c1-2-14-8-6-12-16(13-7-9-14)17(18,19)15-10-4-3-5-11-15/h3-5,10-11,14,16H,2,6-9,12-13H2,1H3. The van der Waals surface area contributed by atoms with E-state index < -0.39 is 11.8 Å². The molecule has 0 atom stereocenters. The zero-order valence-electron chi connectivity index (χ0n) is 11.7. The summed E-state index contributed by atoms with van der Waals surface area (Å²) in [5, 5.41) is 0. The Morgan fingerprint density at radius 1 is 1.00 bits per heavy atom. The smallest absolute Gasteiger partial charge is 0.201 e. The van der Waals surface area contributed by atoms with Gasteiger partial charge in [0.05, 0.1) is 0 Å². The predicted molar refractivity (Wildman–Crippen MR) is 75.3 cm³/mol. The molecule has 0 saturated heterocycles. The molecule has 1 aliphatic carbocycles. The van der Waals surface area contributed by atoms with Gasteiger partial charge in [-0.25, -0.2) is 8.78 Å². The molecule has 2 rings (SSSR count). The molecule has 1 aliphatic rings. The minimum Gasteiger partial charge on any atom is -0.201 e. The summed E-state index contributed by atoms with van der Waals surface area (Å²) in [6, 6.07) is 8.34. The average Bonchev–Trinajstić information content (AvgIpc) is 2.39. The monoisotopic (exact) mass is 266 g/mol. The van der Waals surface area contributed by atoms with Crippen LogP contribution in [0.25, 0.3) is 0 Å². The Kier molecular flexibility index (Phi) is 4.95. The zero-order chi connectivity index (χ0) is 13.7. The van der Waals surface area contributed by atoms with Crippen LogP contribution in [0.4, 0.5) is 8.78 Å². The van der Waals surface area contributed by atoms with E-state index >= 15 is 0 Å². The fourth-order valence-corrected chi connectivity index (χ4v) is 3.26. The van der Waals surface area contributed by atoms with Crippen molar-refractivity contribution in [3.05, 3.63) is 35.9 Å². The summed E-state index contributed by atoms with van der Waals surface area (Å²) in [4.78, 5) is 0. The fraction of sp³-hybridized carbons (Fsp3) is 0.647. The van der Waals surface area contributed by atoms with Crippen LogP contribution in [-0.4, -0.2) is 0 Å². The summed E-state index contributed by atoms with van der Waals surface area (Å²) in [5.41, 5.74) is 0.188. The summed E-state index contributed by atoms with van der Waals surface area (Å²) in [6.45, 7) is 2.21. The van der Waals surface area contributed by atoms with Crippen LogP contribution in [0.1, 0.15) is 57.4 Å². The largest absolute Gasteiger partial charge is 0.276 e. The molecule has 1 saturated carbocycles. The Morgan fingerprint density at radius 3 is 2.11 bits per heavy atom. The summed E-state index contributed by atoms with van der Waals surface area (Å²) >= 11 is 0. The Morgan fingerprint density at radius 2 is 1.58 bits per heavy atom. The maximum atomic E-state index is 14.5. The normalized spacial score (nSPS) is 25.6. The van der Waals surface area contributed by atoms with E-state index in [9.17, 15) is 8.78 Å². The Bertz CT molecular complexity index is 362. The number of rotatable bonds is 3. The lowest BCUT2D eigenvalue weighted by Crippen LogP contribution is -2.27. The van der Waals surface area contributed by atoms with E-state index in [2.05, 4.69) is 6.92 Å². The molecule has 1 fully saturated rings. The third kappa shape index (κ3) is 3.55. The van der Waals surface area contributed by atoms with E-state index in [1.165, 1.54) is 6.42 Å². The molecule has 2 heteroatoms. The second-order valence-electron chi connectivity index (χ2n) is 5.82. The van der Waals surface area contributed by atoms with E-state index in [1.807, 2.05) is 0 Å². The molecule has 0 aliphatic heterocycles. The van der Waals surface area contributed by atoms with Gasteiger partial charge in [0, 0.05) is 11.5 Å². The van der Waals surface area contributed by atoms with E-state index in [1.54, 1.807) is 30.3 Å². The molecule has 0 nitrogen and oxygen atoms in total. The highest BCUT2D eigenvalue weighted by atomic mass is 19.3. The molecule has 106 valence electrons. The van der Waals surface area contributed by atoms with Crippen molar-refractivity contribution in [2.45, 2.75) is 57.8 Å². The zero-order valence-corrected chi connectivity index (χ0v) is 11.7. The maximum Gasteiger partial charge on any atom is 0.276 e. The SMILES string of the molecule is CCC1CCCC(C(F)(F)c2ccccc2)CCC1. The third-order valence-corrected chi connectivity index (χ3v) is 4.58. The van der Waals surface area contributed by atoms with Gasteiger partial charge in [-0.1, -0.05) is 69.4 Å². The van der Waals surface area contributed by atoms with Gasteiger partial charge in [-0.3, -0.25) is 0 Å². The molecular formula is C17H24F2. The molecule has 0 amide bonds. The van der Waals surface area contributed by atoms with Crippen molar-refractivity contribution in [3.8, 4) is 0 Å². The van der Waals surface area contributed by atoms with E-state index in [0.29, 0.717) is 12.8 Å². The highest BCUT2D eigenvalue weighted by molar-refractivity contribution is 5.20. The predicted octanol–water partition coefficient (Wildman–Crippen LogP) is 5.78. The van der Waals surface area contributed by atoms with Crippen LogP contribution < -0.4 is 0 Å². The second-order valence-corrected chi connectivity index (χ2v) is 5.82. The molecule has 0 radical (unpaired) electrons. The van der Waals surface area contributed by atoms with Crippen LogP contribution in [0.2, 0.25) is 0 Å².